The predicted octanol–water partition coefficient (Wildman–Crippen LogP) is 5.15. The summed E-state index contributed by atoms with van der Waals surface area (Å²) in [6.07, 6.45) is 2.31. The number of halogens is 1. The van der Waals surface area contributed by atoms with E-state index in [0.717, 1.165) is 29.4 Å². The highest BCUT2D eigenvalue weighted by molar-refractivity contribution is 6.31. The maximum Gasteiger partial charge on any atom is 0.105 e. The first-order valence-electron chi connectivity index (χ1n) is 7.62. The van der Waals surface area contributed by atoms with Crippen molar-refractivity contribution in [1.82, 2.24) is 5.32 Å². The zero-order chi connectivity index (χ0) is 15.0. The largest absolute Gasteiger partial charge is 0.466 e. The van der Waals surface area contributed by atoms with E-state index in [4.69, 9.17) is 16.0 Å². The molecule has 0 radical (unpaired) electrons. The Hall–Kier alpha value is -1.25. The van der Waals surface area contributed by atoms with Gasteiger partial charge in [0, 0.05) is 22.7 Å². The number of benzene rings is 1. The van der Waals surface area contributed by atoms with E-state index in [-0.39, 0.29) is 0 Å². The third-order valence-corrected chi connectivity index (χ3v) is 4.86. The number of rotatable bonds is 4. The fourth-order valence-corrected chi connectivity index (χ4v) is 3.63. The van der Waals surface area contributed by atoms with Crippen molar-refractivity contribution in [3.05, 3.63) is 58.0 Å². The molecule has 3 rings (SSSR count). The maximum absolute atomic E-state index is 6.27. The average Bonchev–Trinajstić information content (AvgIpc) is 2.73. The minimum absolute atomic E-state index is 0.333. The summed E-state index contributed by atoms with van der Waals surface area (Å²) in [6, 6.07) is 11.2. The van der Waals surface area contributed by atoms with E-state index in [9.17, 15) is 0 Å². The summed E-state index contributed by atoms with van der Waals surface area (Å²) in [4.78, 5) is 0. The van der Waals surface area contributed by atoms with Gasteiger partial charge < -0.3 is 9.73 Å². The molecule has 1 saturated carbocycles. The Morgan fingerprint density at radius 3 is 2.57 bits per heavy atom. The topological polar surface area (TPSA) is 25.2 Å². The Bertz CT molecular complexity index is 628. The first-order valence-corrected chi connectivity index (χ1v) is 7.99. The molecule has 1 N–H and O–H groups in total. The number of hydrogen-bond acceptors (Lipinski definition) is 2. The summed E-state index contributed by atoms with van der Waals surface area (Å²) >= 11 is 6.27. The van der Waals surface area contributed by atoms with Crippen LogP contribution in [0.2, 0.25) is 5.02 Å². The second-order valence-electron chi connectivity index (χ2n) is 6.14. The zero-order valence-corrected chi connectivity index (χ0v) is 13.6. The van der Waals surface area contributed by atoms with Gasteiger partial charge in [0.25, 0.3) is 0 Å². The number of aryl methyl sites for hydroxylation is 2. The lowest BCUT2D eigenvalue weighted by atomic mass is 9.75. The van der Waals surface area contributed by atoms with E-state index in [1.54, 1.807) is 0 Å². The van der Waals surface area contributed by atoms with Crippen LogP contribution in [0.25, 0.3) is 0 Å². The van der Waals surface area contributed by atoms with Crippen LogP contribution in [0.5, 0.6) is 0 Å². The third-order valence-electron chi connectivity index (χ3n) is 4.51. The molecule has 1 atom stereocenters. The second kappa shape index (κ2) is 5.86. The Morgan fingerprint density at radius 1 is 1.24 bits per heavy atom. The van der Waals surface area contributed by atoms with Crippen LogP contribution in [0, 0.1) is 13.8 Å². The fraction of sp³-hybridized carbons (Fsp3) is 0.444. The Morgan fingerprint density at radius 2 is 1.95 bits per heavy atom. The number of hydrogen-bond donors (Lipinski definition) is 1. The van der Waals surface area contributed by atoms with Gasteiger partial charge in [-0.25, -0.2) is 0 Å². The van der Waals surface area contributed by atoms with Crippen molar-refractivity contribution in [2.45, 2.75) is 51.6 Å². The lowest BCUT2D eigenvalue weighted by Gasteiger charge is -2.38. The lowest BCUT2D eigenvalue weighted by Crippen LogP contribution is -2.41. The van der Waals surface area contributed by atoms with E-state index in [2.05, 4.69) is 30.4 Å². The molecule has 0 aliphatic heterocycles. The van der Waals surface area contributed by atoms with Crippen LogP contribution in [0.1, 0.15) is 54.4 Å². The van der Waals surface area contributed by atoms with Crippen molar-refractivity contribution in [1.29, 1.82) is 0 Å². The van der Waals surface area contributed by atoms with Gasteiger partial charge in [0.1, 0.15) is 11.5 Å². The zero-order valence-electron chi connectivity index (χ0n) is 12.8. The Balaban J connectivity index is 1.58. The minimum atomic E-state index is 0.333. The van der Waals surface area contributed by atoms with Crippen LogP contribution < -0.4 is 5.32 Å². The smallest absolute Gasteiger partial charge is 0.105 e. The van der Waals surface area contributed by atoms with Gasteiger partial charge in [-0.15, -0.1) is 0 Å². The standard InChI is InChI=1S/C18H22ClNO/c1-11-8-17(13(3)21-11)12(2)20-15-9-14(10-15)16-6-4-5-7-18(16)19/h4-8,12,14-15,20H,9-10H2,1-3H3. The normalized spacial score (nSPS) is 22.9. The number of nitrogens with one attached hydrogen (secondary N) is 1. The van der Waals surface area contributed by atoms with Gasteiger partial charge in [-0.2, -0.15) is 0 Å². The van der Waals surface area contributed by atoms with Crippen LogP contribution >= 0.6 is 11.6 Å². The lowest BCUT2D eigenvalue weighted by molar-refractivity contribution is 0.270. The first-order chi connectivity index (χ1) is 10.0. The average molecular weight is 304 g/mol. The highest BCUT2D eigenvalue weighted by Gasteiger charge is 2.32. The van der Waals surface area contributed by atoms with Gasteiger partial charge in [-0.1, -0.05) is 29.8 Å². The molecule has 21 heavy (non-hydrogen) atoms. The fourth-order valence-electron chi connectivity index (χ4n) is 3.34. The summed E-state index contributed by atoms with van der Waals surface area (Å²) < 4.78 is 5.62. The molecule has 2 nitrogen and oxygen atoms in total. The molecule has 0 bridgehead atoms. The van der Waals surface area contributed by atoms with Gasteiger partial charge in [0.2, 0.25) is 0 Å². The van der Waals surface area contributed by atoms with Crippen LogP contribution in [-0.4, -0.2) is 6.04 Å². The van der Waals surface area contributed by atoms with Crippen molar-refractivity contribution in [3.63, 3.8) is 0 Å². The van der Waals surface area contributed by atoms with E-state index in [0.29, 0.717) is 18.0 Å². The van der Waals surface area contributed by atoms with E-state index in [1.165, 1.54) is 11.1 Å². The van der Waals surface area contributed by atoms with Crippen LogP contribution in [0.3, 0.4) is 0 Å². The van der Waals surface area contributed by atoms with Crippen molar-refractivity contribution < 1.29 is 4.42 Å². The summed E-state index contributed by atoms with van der Waals surface area (Å²) in [5, 5.41) is 4.60. The molecule has 3 heteroatoms. The van der Waals surface area contributed by atoms with Crippen molar-refractivity contribution in [2.24, 2.45) is 0 Å². The highest BCUT2D eigenvalue weighted by Crippen LogP contribution is 2.40. The first kappa shape index (κ1) is 14.7. The van der Waals surface area contributed by atoms with Gasteiger partial charge in [0.05, 0.1) is 0 Å². The van der Waals surface area contributed by atoms with Gasteiger partial charge in [-0.05, 0) is 57.2 Å². The van der Waals surface area contributed by atoms with Gasteiger partial charge >= 0.3 is 0 Å². The molecule has 0 amide bonds. The van der Waals surface area contributed by atoms with Crippen molar-refractivity contribution >= 4 is 11.6 Å². The van der Waals surface area contributed by atoms with Crippen LogP contribution in [-0.2, 0) is 0 Å². The monoisotopic (exact) mass is 303 g/mol. The summed E-state index contributed by atoms with van der Waals surface area (Å²) in [5.41, 5.74) is 2.56. The van der Waals surface area contributed by atoms with Crippen LogP contribution in [0.4, 0.5) is 0 Å². The summed E-state index contributed by atoms with van der Waals surface area (Å²) in [6.45, 7) is 6.24. The molecule has 2 aromatic rings. The predicted molar refractivity (Wildman–Crippen MR) is 86.9 cm³/mol. The molecule has 1 fully saturated rings. The Kier molecular flexibility index (Phi) is 4.10. The minimum Gasteiger partial charge on any atom is -0.466 e. The van der Waals surface area contributed by atoms with Crippen molar-refractivity contribution in [2.75, 3.05) is 0 Å². The van der Waals surface area contributed by atoms with E-state index >= 15 is 0 Å². The summed E-state index contributed by atoms with van der Waals surface area (Å²) in [7, 11) is 0. The molecule has 0 spiro atoms. The molecular weight excluding hydrogens is 282 g/mol. The van der Waals surface area contributed by atoms with Crippen molar-refractivity contribution in [3.8, 4) is 0 Å². The molecule has 1 heterocycles. The van der Waals surface area contributed by atoms with E-state index < -0.39 is 0 Å². The molecular formula is C18H22ClNO. The highest BCUT2D eigenvalue weighted by atomic mass is 35.5. The molecule has 1 aliphatic rings. The molecule has 1 aliphatic carbocycles. The summed E-state index contributed by atoms with van der Waals surface area (Å²) in [5.74, 6) is 2.60. The number of furan rings is 1. The van der Waals surface area contributed by atoms with Gasteiger partial charge in [-0.3, -0.25) is 0 Å². The quantitative estimate of drug-likeness (QED) is 0.845. The third kappa shape index (κ3) is 3.02. The molecule has 0 saturated heterocycles. The molecule has 1 aromatic heterocycles. The van der Waals surface area contributed by atoms with Gasteiger partial charge in [0.15, 0.2) is 0 Å². The maximum atomic E-state index is 6.27. The van der Waals surface area contributed by atoms with E-state index in [1.807, 2.05) is 26.0 Å². The van der Waals surface area contributed by atoms with Crippen LogP contribution in [0.15, 0.2) is 34.7 Å². The molecule has 112 valence electrons. The Labute approximate surface area is 131 Å². The molecule has 1 unspecified atom stereocenters. The molecule has 1 aromatic carbocycles. The SMILES string of the molecule is Cc1cc(C(C)NC2CC(c3ccccc3Cl)C2)c(C)o1. The second-order valence-corrected chi connectivity index (χ2v) is 6.55.